The number of methoxy groups -OCH3 is 3. The summed E-state index contributed by atoms with van der Waals surface area (Å²) in [5.74, 6) is 2.07. The van der Waals surface area contributed by atoms with Gasteiger partial charge in [-0.2, -0.15) is 0 Å². The molecule has 6 nitrogen and oxygen atoms in total. The van der Waals surface area contributed by atoms with E-state index >= 15 is 0 Å². The van der Waals surface area contributed by atoms with E-state index in [4.69, 9.17) is 14.2 Å². The van der Waals surface area contributed by atoms with Crippen LogP contribution >= 0.6 is 0 Å². The maximum Gasteiger partial charge on any atom is 0.203 e. The normalized spacial score (nSPS) is 12.0. The molecular formula is C15H20N2O4. The summed E-state index contributed by atoms with van der Waals surface area (Å²) >= 11 is 0. The van der Waals surface area contributed by atoms with E-state index < -0.39 is 6.10 Å². The van der Waals surface area contributed by atoms with Gasteiger partial charge in [-0.3, -0.25) is 0 Å². The Labute approximate surface area is 123 Å². The van der Waals surface area contributed by atoms with Crippen LogP contribution in [0, 0.1) is 0 Å². The number of hydrogen-bond acceptors (Lipinski definition) is 5. The highest BCUT2D eigenvalue weighted by Gasteiger charge is 2.21. The first-order valence-corrected chi connectivity index (χ1v) is 6.65. The number of aliphatic hydroxyl groups is 1. The third-order valence-electron chi connectivity index (χ3n) is 3.34. The van der Waals surface area contributed by atoms with E-state index in [9.17, 15) is 5.11 Å². The fourth-order valence-corrected chi connectivity index (χ4v) is 2.24. The number of aromatic nitrogens is 2. The molecule has 0 aliphatic rings. The maximum atomic E-state index is 10.6. The molecule has 2 rings (SSSR count). The highest BCUT2D eigenvalue weighted by molar-refractivity contribution is 5.54. The van der Waals surface area contributed by atoms with Crippen molar-refractivity contribution in [3.63, 3.8) is 0 Å². The van der Waals surface area contributed by atoms with Gasteiger partial charge in [-0.1, -0.05) is 0 Å². The van der Waals surface area contributed by atoms with Crippen molar-refractivity contribution in [1.82, 2.24) is 9.55 Å². The molecule has 0 aliphatic carbocycles. The zero-order valence-electron chi connectivity index (χ0n) is 12.7. The Balaban J connectivity index is 2.48. The van der Waals surface area contributed by atoms with E-state index in [1.54, 1.807) is 39.7 Å². The van der Waals surface area contributed by atoms with Gasteiger partial charge in [-0.25, -0.2) is 4.98 Å². The third kappa shape index (κ3) is 2.80. The maximum absolute atomic E-state index is 10.6. The molecule has 1 aromatic carbocycles. The third-order valence-corrected chi connectivity index (χ3v) is 3.34. The molecule has 0 amide bonds. The number of nitrogens with zero attached hydrogens (tertiary/aromatic N) is 2. The minimum absolute atomic E-state index is 0.495. The second kappa shape index (κ2) is 6.49. The van der Waals surface area contributed by atoms with Crippen LogP contribution in [0.15, 0.2) is 24.5 Å². The lowest BCUT2D eigenvalue weighted by molar-refractivity contribution is 0.203. The number of aliphatic hydroxyl groups excluding tert-OH is 1. The summed E-state index contributed by atoms with van der Waals surface area (Å²) in [6.45, 7) is 2.73. The van der Waals surface area contributed by atoms with Gasteiger partial charge in [0, 0.05) is 18.9 Å². The van der Waals surface area contributed by atoms with Gasteiger partial charge < -0.3 is 23.9 Å². The lowest BCUT2D eigenvalue weighted by Crippen LogP contribution is -2.09. The minimum atomic E-state index is -0.867. The summed E-state index contributed by atoms with van der Waals surface area (Å²) in [7, 11) is 4.63. The average Bonchev–Trinajstić information content (AvgIpc) is 3.01. The van der Waals surface area contributed by atoms with Crippen LogP contribution < -0.4 is 14.2 Å². The summed E-state index contributed by atoms with van der Waals surface area (Å²) in [6.07, 6.45) is 2.63. The molecule has 1 aromatic heterocycles. The van der Waals surface area contributed by atoms with Crippen molar-refractivity contribution in [2.75, 3.05) is 21.3 Å². The second-order valence-electron chi connectivity index (χ2n) is 4.43. The van der Waals surface area contributed by atoms with Gasteiger partial charge in [0.25, 0.3) is 0 Å². The van der Waals surface area contributed by atoms with Gasteiger partial charge in [0.1, 0.15) is 11.9 Å². The number of ether oxygens (including phenoxy) is 3. The van der Waals surface area contributed by atoms with Crippen molar-refractivity contribution >= 4 is 0 Å². The molecule has 0 fully saturated rings. The first kappa shape index (κ1) is 15.2. The topological polar surface area (TPSA) is 65.7 Å². The lowest BCUT2D eigenvalue weighted by Gasteiger charge is -2.17. The smallest absolute Gasteiger partial charge is 0.203 e. The van der Waals surface area contributed by atoms with E-state index in [1.165, 1.54) is 0 Å². The van der Waals surface area contributed by atoms with E-state index in [2.05, 4.69) is 4.98 Å². The molecular weight excluding hydrogens is 272 g/mol. The number of aryl methyl sites for hydroxylation is 1. The number of benzene rings is 1. The Morgan fingerprint density at radius 2 is 1.76 bits per heavy atom. The molecule has 21 heavy (non-hydrogen) atoms. The van der Waals surface area contributed by atoms with Crippen molar-refractivity contribution in [2.45, 2.75) is 19.6 Å². The first-order chi connectivity index (χ1) is 10.2. The molecule has 0 unspecified atom stereocenters. The van der Waals surface area contributed by atoms with Gasteiger partial charge >= 0.3 is 0 Å². The van der Waals surface area contributed by atoms with Crippen molar-refractivity contribution in [3.05, 3.63) is 35.9 Å². The fraction of sp³-hybridized carbons (Fsp3) is 0.400. The zero-order valence-corrected chi connectivity index (χ0v) is 12.7. The molecule has 0 spiro atoms. The first-order valence-electron chi connectivity index (χ1n) is 6.65. The van der Waals surface area contributed by atoms with Crippen molar-refractivity contribution in [2.24, 2.45) is 0 Å². The molecule has 0 bridgehead atoms. The van der Waals surface area contributed by atoms with Gasteiger partial charge in [-0.05, 0) is 24.6 Å². The number of hydrogen-bond donors (Lipinski definition) is 1. The monoisotopic (exact) mass is 292 g/mol. The Hall–Kier alpha value is -2.21. The molecule has 0 radical (unpaired) electrons. The molecule has 6 heteroatoms. The van der Waals surface area contributed by atoms with Crippen LogP contribution in [0.3, 0.4) is 0 Å². The summed E-state index contributed by atoms with van der Waals surface area (Å²) in [4.78, 5) is 4.22. The van der Waals surface area contributed by atoms with Crippen LogP contribution in [0.4, 0.5) is 0 Å². The quantitative estimate of drug-likeness (QED) is 0.882. The molecule has 2 aromatic rings. The largest absolute Gasteiger partial charge is 0.493 e. The van der Waals surface area contributed by atoms with Gasteiger partial charge in [0.2, 0.25) is 5.75 Å². The second-order valence-corrected chi connectivity index (χ2v) is 4.43. The lowest BCUT2D eigenvalue weighted by atomic mass is 10.1. The predicted octanol–water partition coefficient (Wildman–Crippen LogP) is 2.01. The summed E-state index contributed by atoms with van der Waals surface area (Å²) in [5.41, 5.74) is 0.630. The average molecular weight is 292 g/mol. The Kier molecular flexibility index (Phi) is 4.70. The molecule has 0 aliphatic heterocycles. The number of imidazole rings is 1. The molecule has 114 valence electrons. The highest BCUT2D eigenvalue weighted by atomic mass is 16.5. The Morgan fingerprint density at radius 1 is 1.14 bits per heavy atom. The van der Waals surface area contributed by atoms with E-state index in [1.807, 2.05) is 17.7 Å². The van der Waals surface area contributed by atoms with E-state index in [0.29, 0.717) is 28.6 Å². The van der Waals surface area contributed by atoms with Crippen LogP contribution in [0.5, 0.6) is 17.2 Å². The summed E-state index contributed by atoms with van der Waals surface area (Å²) in [6, 6.07) is 3.45. The molecule has 0 saturated carbocycles. The molecule has 1 heterocycles. The van der Waals surface area contributed by atoms with Gasteiger partial charge in [-0.15, -0.1) is 0 Å². The van der Waals surface area contributed by atoms with Crippen LogP contribution in [-0.4, -0.2) is 36.0 Å². The van der Waals surface area contributed by atoms with Crippen molar-refractivity contribution in [1.29, 1.82) is 0 Å². The summed E-state index contributed by atoms with van der Waals surface area (Å²) < 4.78 is 17.8. The van der Waals surface area contributed by atoms with Gasteiger partial charge in [0.05, 0.1) is 21.3 Å². The minimum Gasteiger partial charge on any atom is -0.493 e. The van der Waals surface area contributed by atoms with E-state index in [-0.39, 0.29) is 0 Å². The van der Waals surface area contributed by atoms with Crippen molar-refractivity contribution in [3.8, 4) is 17.2 Å². The Morgan fingerprint density at radius 3 is 2.24 bits per heavy atom. The highest BCUT2D eigenvalue weighted by Crippen LogP contribution is 2.40. The van der Waals surface area contributed by atoms with Crippen LogP contribution in [-0.2, 0) is 6.54 Å². The predicted molar refractivity (Wildman–Crippen MR) is 78.1 cm³/mol. The molecule has 1 N–H and O–H groups in total. The van der Waals surface area contributed by atoms with Crippen LogP contribution in [0.2, 0.25) is 0 Å². The van der Waals surface area contributed by atoms with Crippen LogP contribution in [0.25, 0.3) is 0 Å². The standard InChI is InChI=1S/C15H20N2O4/c1-5-17-7-6-16-15(17)13(18)10-8-11(19-2)14(21-4)12(9-10)20-3/h6-9,13,18H,5H2,1-4H3/t13-/m0/s1. The molecule has 0 saturated heterocycles. The number of rotatable bonds is 6. The van der Waals surface area contributed by atoms with Gasteiger partial charge in [0.15, 0.2) is 11.5 Å². The van der Waals surface area contributed by atoms with Crippen LogP contribution in [0.1, 0.15) is 24.4 Å². The molecule has 1 atom stereocenters. The summed E-state index contributed by atoms with van der Waals surface area (Å²) in [5, 5.41) is 10.6. The van der Waals surface area contributed by atoms with Crippen molar-refractivity contribution < 1.29 is 19.3 Å². The van der Waals surface area contributed by atoms with E-state index in [0.717, 1.165) is 6.54 Å². The fourth-order valence-electron chi connectivity index (χ4n) is 2.24. The SMILES string of the molecule is CCn1ccnc1[C@@H](O)c1cc(OC)c(OC)c(OC)c1. The zero-order chi connectivity index (χ0) is 15.4. The Bertz CT molecular complexity index is 584.